The number of carbonyl (C=O) groups excluding carboxylic acids is 1. The van der Waals surface area contributed by atoms with Gasteiger partial charge in [-0.25, -0.2) is 9.78 Å². The highest BCUT2D eigenvalue weighted by atomic mass is 35.5. The van der Waals surface area contributed by atoms with Gasteiger partial charge >= 0.3 is 5.97 Å². The molecule has 24 heavy (non-hydrogen) atoms. The summed E-state index contributed by atoms with van der Waals surface area (Å²) in [5.41, 5.74) is 0.551. The summed E-state index contributed by atoms with van der Waals surface area (Å²) in [5.74, 6) is -1.11. The predicted octanol–water partition coefficient (Wildman–Crippen LogP) is 3.48. The van der Waals surface area contributed by atoms with Gasteiger partial charge in [0.15, 0.2) is 6.04 Å². The second kappa shape index (κ2) is 7.63. The predicted molar refractivity (Wildman–Crippen MR) is 92.1 cm³/mol. The molecule has 2 N–H and O–H groups in total. The molecule has 128 valence electrons. The van der Waals surface area contributed by atoms with E-state index in [2.05, 4.69) is 10.3 Å². The molecule has 1 unspecified atom stereocenters. The lowest BCUT2D eigenvalue weighted by molar-refractivity contribution is -0.139. The summed E-state index contributed by atoms with van der Waals surface area (Å²) >= 11 is 7.40. The molecule has 2 rings (SSSR count). The Hall–Kier alpha value is -2.12. The molecule has 0 aliphatic rings. The molecular weight excluding hydrogens is 352 g/mol. The van der Waals surface area contributed by atoms with E-state index in [1.807, 2.05) is 13.8 Å². The fourth-order valence-corrected chi connectivity index (χ4v) is 3.09. The van der Waals surface area contributed by atoms with Crippen LogP contribution in [0.4, 0.5) is 0 Å². The molecule has 0 fully saturated rings. The molecule has 1 atom stereocenters. The Kier molecular flexibility index (Phi) is 5.80. The summed E-state index contributed by atoms with van der Waals surface area (Å²) in [5, 5.41) is 14.6. The standard InChI is InChI=1S/C16H17ClN2O4S/c1-8(2)15-18-11(7-24-15)14(20)19-13(16(21)22)9-4-5-12(23-3)10(17)6-9/h4-8,13H,1-3H3,(H,19,20)(H,21,22). The third-order valence-electron chi connectivity index (χ3n) is 3.28. The van der Waals surface area contributed by atoms with Crippen molar-refractivity contribution >= 4 is 34.8 Å². The summed E-state index contributed by atoms with van der Waals surface area (Å²) in [6.07, 6.45) is 0. The monoisotopic (exact) mass is 368 g/mol. The Morgan fingerprint density at radius 1 is 1.38 bits per heavy atom. The number of halogens is 1. The maximum absolute atomic E-state index is 12.3. The number of hydrogen-bond donors (Lipinski definition) is 2. The van der Waals surface area contributed by atoms with Gasteiger partial charge in [0.2, 0.25) is 0 Å². The Morgan fingerprint density at radius 2 is 2.08 bits per heavy atom. The normalized spacial score (nSPS) is 12.0. The zero-order valence-corrected chi connectivity index (χ0v) is 14.9. The van der Waals surface area contributed by atoms with Crippen molar-refractivity contribution in [3.05, 3.63) is 44.9 Å². The second-order valence-electron chi connectivity index (χ2n) is 5.36. The van der Waals surface area contributed by atoms with E-state index in [1.165, 1.54) is 24.5 Å². The van der Waals surface area contributed by atoms with Gasteiger partial charge in [-0.15, -0.1) is 11.3 Å². The van der Waals surface area contributed by atoms with Crippen LogP contribution in [0, 0.1) is 0 Å². The minimum atomic E-state index is -1.23. The number of carbonyl (C=O) groups is 2. The number of benzene rings is 1. The molecular formula is C16H17ClN2O4S. The number of nitrogens with zero attached hydrogens (tertiary/aromatic N) is 1. The smallest absolute Gasteiger partial charge is 0.330 e. The lowest BCUT2D eigenvalue weighted by atomic mass is 10.1. The van der Waals surface area contributed by atoms with Crippen LogP contribution in [0.5, 0.6) is 5.75 Å². The summed E-state index contributed by atoms with van der Waals surface area (Å²) in [6.45, 7) is 3.94. The van der Waals surface area contributed by atoms with Gasteiger partial charge in [0, 0.05) is 11.3 Å². The van der Waals surface area contributed by atoms with Crippen LogP contribution in [0.25, 0.3) is 0 Å². The molecule has 0 spiro atoms. The number of carboxylic acids is 1. The lowest BCUT2D eigenvalue weighted by Crippen LogP contribution is -2.34. The molecule has 2 aromatic rings. The maximum Gasteiger partial charge on any atom is 0.330 e. The summed E-state index contributed by atoms with van der Waals surface area (Å²) in [6, 6.07) is 3.33. The Morgan fingerprint density at radius 3 is 2.58 bits per heavy atom. The van der Waals surface area contributed by atoms with Gasteiger partial charge in [0.1, 0.15) is 11.4 Å². The number of nitrogens with one attached hydrogen (secondary N) is 1. The van der Waals surface area contributed by atoms with E-state index in [0.29, 0.717) is 11.3 Å². The van der Waals surface area contributed by atoms with Crippen molar-refractivity contribution in [1.29, 1.82) is 0 Å². The number of methoxy groups -OCH3 is 1. The fraction of sp³-hybridized carbons (Fsp3) is 0.312. The van der Waals surface area contributed by atoms with Crippen molar-refractivity contribution in [2.24, 2.45) is 0 Å². The molecule has 1 aromatic carbocycles. The van der Waals surface area contributed by atoms with Crippen molar-refractivity contribution < 1.29 is 19.4 Å². The van der Waals surface area contributed by atoms with Crippen molar-refractivity contribution in [3.8, 4) is 5.75 Å². The molecule has 0 bridgehead atoms. The van der Waals surface area contributed by atoms with Gasteiger partial charge in [-0.1, -0.05) is 31.5 Å². The second-order valence-corrected chi connectivity index (χ2v) is 6.66. The zero-order valence-electron chi connectivity index (χ0n) is 13.4. The Labute approximate surface area is 148 Å². The number of rotatable bonds is 6. The van der Waals surface area contributed by atoms with Gasteiger partial charge in [-0.2, -0.15) is 0 Å². The molecule has 1 aromatic heterocycles. The number of hydrogen-bond acceptors (Lipinski definition) is 5. The average molecular weight is 369 g/mol. The van der Waals surface area contributed by atoms with E-state index in [-0.39, 0.29) is 16.6 Å². The van der Waals surface area contributed by atoms with Crippen molar-refractivity contribution in [1.82, 2.24) is 10.3 Å². The molecule has 6 nitrogen and oxygen atoms in total. The highest BCUT2D eigenvalue weighted by molar-refractivity contribution is 7.09. The number of ether oxygens (including phenoxy) is 1. The van der Waals surface area contributed by atoms with E-state index in [9.17, 15) is 14.7 Å². The highest BCUT2D eigenvalue weighted by Crippen LogP contribution is 2.28. The quantitative estimate of drug-likeness (QED) is 0.814. The first-order valence-electron chi connectivity index (χ1n) is 7.16. The average Bonchev–Trinajstić information content (AvgIpc) is 3.02. The van der Waals surface area contributed by atoms with Crippen LogP contribution >= 0.6 is 22.9 Å². The minimum absolute atomic E-state index is 0.201. The maximum atomic E-state index is 12.3. The summed E-state index contributed by atoms with van der Waals surface area (Å²) < 4.78 is 5.04. The molecule has 1 heterocycles. The van der Waals surface area contributed by atoms with Gasteiger partial charge in [0.05, 0.1) is 17.1 Å². The number of carboxylic acid groups (broad SMARTS) is 1. The van der Waals surface area contributed by atoms with Crippen molar-refractivity contribution in [3.63, 3.8) is 0 Å². The number of aliphatic carboxylic acids is 1. The highest BCUT2D eigenvalue weighted by Gasteiger charge is 2.25. The Balaban J connectivity index is 2.23. The van der Waals surface area contributed by atoms with E-state index in [0.717, 1.165) is 5.01 Å². The molecule has 0 saturated carbocycles. The summed E-state index contributed by atoms with van der Waals surface area (Å²) in [7, 11) is 1.46. The first-order valence-corrected chi connectivity index (χ1v) is 8.41. The SMILES string of the molecule is COc1ccc(C(NC(=O)c2csc(C(C)C)n2)C(=O)O)cc1Cl. The molecule has 0 saturated heterocycles. The first kappa shape index (κ1) is 18.2. The lowest BCUT2D eigenvalue weighted by Gasteiger charge is -2.15. The van der Waals surface area contributed by atoms with Crippen LogP contribution in [0.1, 0.15) is 46.9 Å². The number of thiazole rings is 1. The van der Waals surface area contributed by atoms with Crippen LogP contribution in [0.2, 0.25) is 5.02 Å². The third kappa shape index (κ3) is 4.04. The van der Waals surface area contributed by atoms with Gasteiger partial charge in [-0.3, -0.25) is 4.79 Å². The fourth-order valence-electron chi connectivity index (χ4n) is 2.01. The van der Waals surface area contributed by atoms with Crippen LogP contribution in [-0.2, 0) is 4.79 Å². The van der Waals surface area contributed by atoms with Crippen LogP contribution < -0.4 is 10.1 Å². The molecule has 0 aliphatic carbocycles. The van der Waals surface area contributed by atoms with Crippen LogP contribution in [0.3, 0.4) is 0 Å². The number of amides is 1. The van der Waals surface area contributed by atoms with Crippen LogP contribution in [0.15, 0.2) is 23.6 Å². The molecule has 0 radical (unpaired) electrons. The van der Waals surface area contributed by atoms with Crippen LogP contribution in [-0.4, -0.2) is 29.1 Å². The molecule has 1 amide bonds. The zero-order chi connectivity index (χ0) is 17.9. The van der Waals surface area contributed by atoms with E-state index < -0.39 is 17.9 Å². The van der Waals surface area contributed by atoms with Crippen molar-refractivity contribution in [2.75, 3.05) is 7.11 Å². The third-order valence-corrected chi connectivity index (χ3v) is 4.72. The Bertz CT molecular complexity index is 760. The van der Waals surface area contributed by atoms with Gasteiger partial charge < -0.3 is 15.2 Å². The molecule has 0 aliphatic heterocycles. The van der Waals surface area contributed by atoms with Crippen molar-refractivity contribution in [2.45, 2.75) is 25.8 Å². The summed E-state index contributed by atoms with van der Waals surface area (Å²) in [4.78, 5) is 28.1. The van der Waals surface area contributed by atoms with Gasteiger partial charge in [-0.05, 0) is 17.7 Å². The number of aromatic nitrogens is 1. The largest absolute Gasteiger partial charge is 0.495 e. The minimum Gasteiger partial charge on any atom is -0.495 e. The van der Waals surface area contributed by atoms with Gasteiger partial charge in [0.25, 0.3) is 5.91 Å². The topological polar surface area (TPSA) is 88.5 Å². The van der Waals surface area contributed by atoms with E-state index in [1.54, 1.807) is 17.5 Å². The van der Waals surface area contributed by atoms with E-state index >= 15 is 0 Å². The molecule has 8 heteroatoms. The van der Waals surface area contributed by atoms with E-state index in [4.69, 9.17) is 16.3 Å². The first-order chi connectivity index (χ1) is 11.3.